The number of benzene rings is 1. The molecule has 1 aromatic heterocycles. The number of rotatable bonds is 3. The molecule has 2 heterocycles. The van der Waals surface area contributed by atoms with Crippen LogP contribution in [0.3, 0.4) is 0 Å². The molecule has 1 aliphatic rings. The van der Waals surface area contributed by atoms with Crippen LogP contribution in [0.25, 0.3) is 10.9 Å². The van der Waals surface area contributed by atoms with Gasteiger partial charge in [0.15, 0.2) is 0 Å². The molecular weight excluding hydrogens is 360 g/mol. The van der Waals surface area contributed by atoms with Crippen molar-refractivity contribution in [2.45, 2.75) is 25.8 Å². The summed E-state index contributed by atoms with van der Waals surface area (Å²) >= 11 is 3.38. The number of likely N-dealkylation sites (tertiary alicyclic amines) is 1. The van der Waals surface area contributed by atoms with Gasteiger partial charge < -0.3 is 9.84 Å². The Labute approximate surface area is 143 Å². The molecular formula is C17H19BrN2O3. The van der Waals surface area contributed by atoms with Crippen molar-refractivity contribution in [2.75, 3.05) is 20.2 Å². The first kappa shape index (κ1) is 16.2. The Balaban J connectivity index is 2.11. The average molecular weight is 379 g/mol. The third-order valence-corrected chi connectivity index (χ3v) is 5.06. The van der Waals surface area contributed by atoms with E-state index >= 15 is 0 Å². The summed E-state index contributed by atoms with van der Waals surface area (Å²) in [6.45, 7) is 2.82. The molecule has 122 valence electrons. The number of hydrogen-bond acceptors (Lipinski definition) is 5. The quantitative estimate of drug-likeness (QED) is 0.828. The van der Waals surface area contributed by atoms with Crippen molar-refractivity contribution >= 4 is 32.8 Å². The molecule has 6 heteroatoms. The second-order valence-electron chi connectivity index (χ2n) is 5.78. The zero-order chi connectivity index (χ0) is 16.4. The molecule has 23 heavy (non-hydrogen) atoms. The number of esters is 1. The van der Waals surface area contributed by atoms with E-state index in [1.165, 1.54) is 26.4 Å². The van der Waals surface area contributed by atoms with Crippen LogP contribution in [0, 0.1) is 0 Å². The summed E-state index contributed by atoms with van der Waals surface area (Å²) in [6.07, 6.45) is 5.27. The Hall–Kier alpha value is -1.66. The molecule has 1 saturated heterocycles. The zero-order valence-corrected chi connectivity index (χ0v) is 14.6. The Morgan fingerprint density at radius 3 is 2.83 bits per heavy atom. The molecule has 0 aliphatic carbocycles. The lowest BCUT2D eigenvalue weighted by molar-refractivity contribution is 0.0603. The van der Waals surface area contributed by atoms with Crippen LogP contribution in [0.4, 0.5) is 0 Å². The minimum Gasteiger partial charge on any atom is -0.507 e. The van der Waals surface area contributed by atoms with Gasteiger partial charge >= 0.3 is 5.97 Å². The van der Waals surface area contributed by atoms with Gasteiger partial charge in [-0.25, -0.2) is 4.79 Å². The summed E-state index contributed by atoms with van der Waals surface area (Å²) in [5.74, 6) is -0.324. The predicted octanol–water partition coefficient (Wildman–Crippen LogP) is 3.48. The molecule has 0 unspecified atom stereocenters. The molecule has 1 aliphatic heterocycles. The van der Waals surface area contributed by atoms with E-state index in [1.807, 2.05) is 0 Å². The Morgan fingerprint density at radius 1 is 1.39 bits per heavy atom. The van der Waals surface area contributed by atoms with Crippen molar-refractivity contribution in [3.63, 3.8) is 0 Å². The van der Waals surface area contributed by atoms with Crippen molar-refractivity contribution in [3.05, 3.63) is 33.9 Å². The maximum absolute atomic E-state index is 12.0. The number of carbonyl (C=O) groups is 1. The summed E-state index contributed by atoms with van der Waals surface area (Å²) in [6, 6.07) is 3.35. The molecule has 0 atom stereocenters. The van der Waals surface area contributed by atoms with Crippen LogP contribution in [-0.4, -0.2) is 41.2 Å². The summed E-state index contributed by atoms with van der Waals surface area (Å²) in [5.41, 5.74) is 2.05. The van der Waals surface area contributed by atoms with Gasteiger partial charge in [0, 0.05) is 18.1 Å². The molecule has 1 fully saturated rings. The molecule has 1 aromatic carbocycles. The van der Waals surface area contributed by atoms with Crippen molar-refractivity contribution in [1.82, 2.24) is 9.88 Å². The maximum atomic E-state index is 12.0. The van der Waals surface area contributed by atoms with Gasteiger partial charge in [-0.3, -0.25) is 9.88 Å². The van der Waals surface area contributed by atoms with Gasteiger partial charge in [0.2, 0.25) is 0 Å². The monoisotopic (exact) mass is 378 g/mol. The molecule has 3 rings (SSSR count). The highest BCUT2D eigenvalue weighted by atomic mass is 79.9. The molecule has 0 radical (unpaired) electrons. The number of ether oxygens (including phenoxy) is 1. The highest BCUT2D eigenvalue weighted by Gasteiger charge is 2.20. The number of methoxy groups -OCH3 is 1. The van der Waals surface area contributed by atoms with E-state index in [1.54, 1.807) is 18.3 Å². The molecule has 1 N–H and O–H groups in total. The van der Waals surface area contributed by atoms with E-state index < -0.39 is 5.97 Å². The number of aromatic hydroxyl groups is 1. The van der Waals surface area contributed by atoms with E-state index in [0.29, 0.717) is 15.4 Å². The van der Waals surface area contributed by atoms with Gasteiger partial charge in [0.05, 0.1) is 22.7 Å². The van der Waals surface area contributed by atoms with Crippen LogP contribution in [0.2, 0.25) is 0 Å². The van der Waals surface area contributed by atoms with E-state index in [-0.39, 0.29) is 5.75 Å². The van der Waals surface area contributed by atoms with E-state index in [0.717, 1.165) is 30.7 Å². The lowest BCUT2D eigenvalue weighted by Crippen LogP contribution is -2.29. The van der Waals surface area contributed by atoms with Crippen LogP contribution < -0.4 is 0 Å². The first-order valence-electron chi connectivity index (χ1n) is 7.71. The second kappa shape index (κ2) is 6.84. The number of hydrogen-bond donors (Lipinski definition) is 1. The van der Waals surface area contributed by atoms with Gasteiger partial charge in [-0.2, -0.15) is 0 Å². The SMILES string of the molecule is COC(=O)c1ccnc2c(CN3CCCCC3)cc(O)c(Br)c12. The summed E-state index contributed by atoms with van der Waals surface area (Å²) in [7, 11) is 1.35. The van der Waals surface area contributed by atoms with Crippen LogP contribution >= 0.6 is 15.9 Å². The van der Waals surface area contributed by atoms with Gasteiger partial charge in [-0.1, -0.05) is 6.42 Å². The van der Waals surface area contributed by atoms with E-state index in [2.05, 4.69) is 25.8 Å². The molecule has 0 bridgehead atoms. The first-order chi connectivity index (χ1) is 11.1. The largest absolute Gasteiger partial charge is 0.507 e. The molecule has 2 aromatic rings. The molecule has 0 saturated carbocycles. The van der Waals surface area contributed by atoms with Crippen molar-refractivity contribution in [3.8, 4) is 5.75 Å². The summed E-state index contributed by atoms with van der Waals surface area (Å²) in [4.78, 5) is 18.8. The van der Waals surface area contributed by atoms with E-state index in [4.69, 9.17) is 4.74 Å². The smallest absolute Gasteiger partial charge is 0.338 e. The van der Waals surface area contributed by atoms with Crippen molar-refractivity contribution in [1.29, 1.82) is 0 Å². The fourth-order valence-electron chi connectivity index (χ4n) is 3.11. The average Bonchev–Trinajstić information content (AvgIpc) is 2.59. The highest BCUT2D eigenvalue weighted by Crippen LogP contribution is 2.37. The third-order valence-electron chi connectivity index (χ3n) is 4.26. The fourth-order valence-corrected chi connectivity index (χ4v) is 3.63. The van der Waals surface area contributed by atoms with Gasteiger partial charge in [-0.15, -0.1) is 0 Å². The number of pyridine rings is 1. The predicted molar refractivity (Wildman–Crippen MR) is 91.6 cm³/mol. The van der Waals surface area contributed by atoms with Gasteiger partial charge in [0.25, 0.3) is 0 Å². The Kier molecular flexibility index (Phi) is 4.82. The lowest BCUT2D eigenvalue weighted by atomic mass is 10.0. The fraction of sp³-hybridized carbons (Fsp3) is 0.412. The van der Waals surface area contributed by atoms with Crippen LogP contribution in [0.1, 0.15) is 35.2 Å². The van der Waals surface area contributed by atoms with Crippen LogP contribution in [0.15, 0.2) is 22.8 Å². The first-order valence-corrected chi connectivity index (χ1v) is 8.51. The Bertz CT molecular complexity index is 742. The molecule has 0 amide bonds. The second-order valence-corrected chi connectivity index (χ2v) is 6.57. The molecule has 0 spiro atoms. The van der Waals surface area contributed by atoms with Crippen LogP contribution in [0.5, 0.6) is 5.75 Å². The number of aromatic nitrogens is 1. The number of phenols is 1. The minimum absolute atomic E-state index is 0.114. The number of carbonyl (C=O) groups excluding carboxylic acids is 1. The van der Waals surface area contributed by atoms with Gasteiger partial charge in [-0.05, 0) is 59.6 Å². The summed E-state index contributed by atoms with van der Waals surface area (Å²) < 4.78 is 5.32. The lowest BCUT2D eigenvalue weighted by Gasteiger charge is -2.27. The zero-order valence-electron chi connectivity index (χ0n) is 13.0. The number of nitrogens with zero attached hydrogens (tertiary/aromatic N) is 2. The van der Waals surface area contributed by atoms with Crippen molar-refractivity contribution in [2.24, 2.45) is 0 Å². The Morgan fingerprint density at radius 2 is 2.13 bits per heavy atom. The van der Waals surface area contributed by atoms with Crippen molar-refractivity contribution < 1.29 is 14.6 Å². The van der Waals surface area contributed by atoms with E-state index in [9.17, 15) is 9.90 Å². The summed E-state index contributed by atoms with van der Waals surface area (Å²) in [5, 5.41) is 10.9. The maximum Gasteiger partial charge on any atom is 0.338 e. The highest BCUT2D eigenvalue weighted by molar-refractivity contribution is 9.10. The number of halogens is 1. The number of piperidine rings is 1. The standard InChI is InChI=1S/C17H19BrN2O3/c1-23-17(22)12-5-6-19-16-11(9-13(21)15(18)14(12)16)10-20-7-3-2-4-8-20/h5-6,9,21H,2-4,7-8,10H2,1H3. The molecule has 5 nitrogen and oxygen atoms in total. The normalized spacial score (nSPS) is 15.7. The third kappa shape index (κ3) is 3.19. The van der Waals surface area contributed by atoms with Gasteiger partial charge in [0.1, 0.15) is 5.75 Å². The van der Waals surface area contributed by atoms with Crippen LogP contribution in [-0.2, 0) is 11.3 Å². The minimum atomic E-state index is -0.437. The number of phenolic OH excluding ortho intramolecular Hbond substituents is 1. The number of fused-ring (bicyclic) bond motifs is 1. The topological polar surface area (TPSA) is 62.7 Å².